The predicted octanol–water partition coefficient (Wildman–Crippen LogP) is 4.62. The molecule has 2 heterocycles. The fourth-order valence-electron chi connectivity index (χ4n) is 5.97. The van der Waals surface area contributed by atoms with Crippen LogP contribution < -0.4 is 10.1 Å². The van der Waals surface area contributed by atoms with Crippen LogP contribution in [0.15, 0.2) is 48.5 Å². The molecule has 2 aromatic carbocycles. The van der Waals surface area contributed by atoms with E-state index in [4.69, 9.17) is 16.3 Å². The summed E-state index contributed by atoms with van der Waals surface area (Å²) < 4.78 is 5.63. The average Bonchev–Trinajstić information content (AvgIpc) is 2.93. The van der Waals surface area contributed by atoms with Gasteiger partial charge in [-0.1, -0.05) is 35.9 Å². The first-order valence-electron chi connectivity index (χ1n) is 13.3. The maximum Gasteiger partial charge on any atom is 0.260 e. The zero-order valence-electron chi connectivity index (χ0n) is 20.8. The highest BCUT2D eigenvalue weighted by Crippen LogP contribution is 2.31. The molecule has 36 heavy (non-hydrogen) atoms. The van der Waals surface area contributed by atoms with Crippen molar-refractivity contribution in [3.05, 3.63) is 64.7 Å². The number of benzene rings is 2. The predicted molar refractivity (Wildman–Crippen MR) is 141 cm³/mol. The van der Waals surface area contributed by atoms with Gasteiger partial charge in [-0.25, -0.2) is 0 Å². The topological polar surface area (TPSA) is 61.9 Å². The number of hydrogen-bond donors (Lipinski definition) is 1. The number of amides is 2. The number of rotatable bonds is 6. The molecule has 7 heteroatoms. The molecule has 0 spiro atoms. The van der Waals surface area contributed by atoms with Crippen molar-refractivity contribution in [2.75, 3.05) is 32.8 Å². The minimum atomic E-state index is 0.0306. The number of aryl methyl sites for hydroxylation is 1. The Labute approximate surface area is 218 Å². The summed E-state index contributed by atoms with van der Waals surface area (Å²) in [5.41, 5.74) is 2.68. The highest BCUT2D eigenvalue weighted by atomic mass is 35.5. The molecule has 0 saturated carbocycles. The van der Waals surface area contributed by atoms with E-state index in [-0.39, 0.29) is 30.4 Å². The Balaban J connectivity index is 1.03. The van der Waals surface area contributed by atoms with E-state index in [0.717, 1.165) is 71.1 Å². The summed E-state index contributed by atoms with van der Waals surface area (Å²) >= 11 is 5.90. The second kappa shape index (κ2) is 11.7. The third kappa shape index (κ3) is 6.04. The van der Waals surface area contributed by atoms with E-state index in [9.17, 15) is 9.59 Å². The first-order valence-corrected chi connectivity index (χ1v) is 13.7. The average molecular weight is 510 g/mol. The van der Waals surface area contributed by atoms with Crippen molar-refractivity contribution in [2.45, 2.75) is 57.0 Å². The molecule has 2 aliphatic heterocycles. The Hall–Kier alpha value is -2.57. The molecule has 1 unspecified atom stereocenters. The van der Waals surface area contributed by atoms with Crippen molar-refractivity contribution in [1.29, 1.82) is 0 Å². The minimum Gasteiger partial charge on any atom is -0.484 e. The third-order valence-electron chi connectivity index (χ3n) is 8.10. The molecular weight excluding hydrogens is 474 g/mol. The van der Waals surface area contributed by atoms with Crippen molar-refractivity contribution in [2.24, 2.45) is 5.92 Å². The Bertz CT molecular complexity index is 1040. The molecule has 1 aliphatic carbocycles. The van der Waals surface area contributed by atoms with E-state index in [0.29, 0.717) is 16.8 Å². The number of piperidine rings is 2. The number of halogens is 1. The summed E-state index contributed by atoms with van der Waals surface area (Å²) in [7, 11) is 0. The highest BCUT2D eigenvalue weighted by molar-refractivity contribution is 6.30. The molecule has 192 valence electrons. The Morgan fingerprint density at radius 2 is 1.64 bits per heavy atom. The maximum atomic E-state index is 13.1. The second-order valence-corrected chi connectivity index (χ2v) is 10.8. The molecule has 2 aromatic rings. The lowest BCUT2D eigenvalue weighted by Gasteiger charge is -2.41. The Kier molecular flexibility index (Phi) is 8.12. The summed E-state index contributed by atoms with van der Waals surface area (Å²) in [5, 5.41) is 4.01. The zero-order valence-corrected chi connectivity index (χ0v) is 21.6. The van der Waals surface area contributed by atoms with E-state index in [2.05, 4.69) is 34.5 Å². The van der Waals surface area contributed by atoms with E-state index >= 15 is 0 Å². The van der Waals surface area contributed by atoms with Crippen LogP contribution in [-0.4, -0.2) is 60.4 Å². The Morgan fingerprint density at radius 3 is 2.39 bits per heavy atom. The van der Waals surface area contributed by atoms with E-state index in [1.165, 1.54) is 11.1 Å². The van der Waals surface area contributed by atoms with Gasteiger partial charge in [0.25, 0.3) is 5.91 Å². The van der Waals surface area contributed by atoms with Crippen LogP contribution in [0.1, 0.15) is 55.7 Å². The fourth-order valence-corrected chi connectivity index (χ4v) is 6.09. The van der Waals surface area contributed by atoms with Gasteiger partial charge >= 0.3 is 0 Å². The first-order chi connectivity index (χ1) is 17.6. The molecular formula is C29H36ClN3O3. The van der Waals surface area contributed by atoms with Crippen molar-refractivity contribution in [1.82, 2.24) is 15.1 Å². The quantitative estimate of drug-likeness (QED) is 0.617. The van der Waals surface area contributed by atoms with Crippen LogP contribution in [0, 0.1) is 5.92 Å². The Morgan fingerprint density at radius 1 is 0.917 bits per heavy atom. The number of hydrogen-bond acceptors (Lipinski definition) is 4. The lowest BCUT2D eigenvalue weighted by atomic mass is 9.86. The van der Waals surface area contributed by atoms with Crippen molar-refractivity contribution < 1.29 is 14.3 Å². The van der Waals surface area contributed by atoms with Gasteiger partial charge in [0, 0.05) is 30.1 Å². The maximum absolute atomic E-state index is 13.1. The van der Waals surface area contributed by atoms with Gasteiger partial charge in [-0.3, -0.25) is 9.59 Å². The van der Waals surface area contributed by atoms with Gasteiger partial charge in [0.2, 0.25) is 5.91 Å². The lowest BCUT2D eigenvalue weighted by molar-refractivity contribution is -0.135. The number of ether oxygens (including phenoxy) is 1. The molecule has 2 saturated heterocycles. The van der Waals surface area contributed by atoms with Gasteiger partial charge in [-0.05, 0) is 93.4 Å². The van der Waals surface area contributed by atoms with Crippen LogP contribution in [0.4, 0.5) is 0 Å². The molecule has 2 fully saturated rings. The van der Waals surface area contributed by atoms with Crippen molar-refractivity contribution >= 4 is 23.4 Å². The summed E-state index contributed by atoms with van der Waals surface area (Å²) in [6.07, 6.45) is 7.05. The summed E-state index contributed by atoms with van der Waals surface area (Å²) in [4.78, 5) is 30.1. The number of nitrogens with one attached hydrogen (secondary N) is 1. The standard InChI is InChI=1S/C29H36ClN3O3/c30-23-8-10-25(11-9-23)36-20-28(34)33-18-14-24(15-19-33)32-16-12-22(13-17-32)29(35)31-27-7-3-5-21-4-1-2-6-26(21)27/h1-2,4,6,8-11,22,24,27H,3,5,7,12-20H2,(H,31,35). The molecule has 0 bridgehead atoms. The largest absolute Gasteiger partial charge is 0.484 e. The van der Waals surface area contributed by atoms with E-state index in [1.54, 1.807) is 24.3 Å². The zero-order chi connectivity index (χ0) is 24.9. The summed E-state index contributed by atoms with van der Waals surface area (Å²) in [6.45, 7) is 3.48. The fraction of sp³-hybridized carbons (Fsp3) is 0.517. The monoisotopic (exact) mass is 509 g/mol. The lowest BCUT2D eigenvalue weighted by Crippen LogP contribution is -2.51. The minimum absolute atomic E-state index is 0.0306. The van der Waals surface area contributed by atoms with Gasteiger partial charge in [-0.2, -0.15) is 0 Å². The smallest absolute Gasteiger partial charge is 0.260 e. The SMILES string of the molecule is O=C(NC1CCCc2ccccc21)C1CCN(C2CCN(C(=O)COc3ccc(Cl)cc3)CC2)CC1. The van der Waals surface area contributed by atoms with Gasteiger partial charge in [0.1, 0.15) is 5.75 Å². The molecule has 0 radical (unpaired) electrons. The molecule has 1 atom stereocenters. The van der Waals surface area contributed by atoms with Gasteiger partial charge in [0.15, 0.2) is 6.61 Å². The molecule has 3 aliphatic rings. The number of fused-ring (bicyclic) bond motifs is 1. The normalized spacial score (nSPS) is 21.6. The first kappa shape index (κ1) is 25.1. The molecule has 1 N–H and O–H groups in total. The number of carbonyl (C=O) groups is 2. The van der Waals surface area contributed by atoms with Crippen LogP contribution in [0.3, 0.4) is 0 Å². The molecule has 6 nitrogen and oxygen atoms in total. The summed E-state index contributed by atoms with van der Waals surface area (Å²) in [5.74, 6) is 1.00. The molecule has 0 aromatic heterocycles. The highest BCUT2D eigenvalue weighted by Gasteiger charge is 2.33. The molecule has 5 rings (SSSR count). The van der Waals surface area contributed by atoms with Gasteiger partial charge < -0.3 is 19.9 Å². The van der Waals surface area contributed by atoms with Gasteiger partial charge in [0.05, 0.1) is 6.04 Å². The van der Waals surface area contributed by atoms with E-state index in [1.807, 2.05) is 4.90 Å². The number of nitrogens with zero attached hydrogens (tertiary/aromatic N) is 2. The van der Waals surface area contributed by atoms with Crippen LogP contribution in [0.2, 0.25) is 5.02 Å². The third-order valence-corrected chi connectivity index (χ3v) is 8.35. The van der Waals surface area contributed by atoms with Crippen molar-refractivity contribution in [3.63, 3.8) is 0 Å². The van der Waals surface area contributed by atoms with Crippen molar-refractivity contribution in [3.8, 4) is 5.75 Å². The van der Waals surface area contributed by atoms with Crippen LogP contribution in [-0.2, 0) is 16.0 Å². The van der Waals surface area contributed by atoms with E-state index < -0.39 is 0 Å². The second-order valence-electron chi connectivity index (χ2n) is 10.3. The van der Waals surface area contributed by atoms with Crippen LogP contribution >= 0.6 is 11.6 Å². The molecule has 2 amide bonds. The summed E-state index contributed by atoms with van der Waals surface area (Å²) in [6, 6.07) is 16.2. The number of likely N-dealkylation sites (tertiary alicyclic amines) is 2. The number of carbonyl (C=O) groups excluding carboxylic acids is 2. The van der Waals surface area contributed by atoms with Gasteiger partial charge in [-0.15, -0.1) is 0 Å². The van der Waals surface area contributed by atoms with Crippen LogP contribution in [0.25, 0.3) is 0 Å². The van der Waals surface area contributed by atoms with Crippen LogP contribution in [0.5, 0.6) is 5.75 Å².